The minimum atomic E-state index is -6.13. The average molecular weight is 1120 g/mol. The minimum Gasteiger partial charge on any atom is -0.465 e. The molecule has 5 aromatic carbocycles. The maximum Gasteiger partial charge on any atom is 0.416 e. The topological polar surface area (TPSA) is 47.3 Å². The first-order valence-corrected chi connectivity index (χ1v) is 20.5. The highest BCUT2D eigenvalue weighted by Gasteiger charge is 2.47. The van der Waals surface area contributed by atoms with Gasteiger partial charge in [0.2, 0.25) is 12.3 Å². The Balaban J connectivity index is 0.000000468. The number of ether oxygens (including phenoxy) is 1. The molecule has 0 aliphatic rings. The standard InChI is InChI=1S/C32H12BF24.C15H14NO3/c34-25(35,36)13-1-14(26(37,38)39)6-21(5-13)33(22-7-15(27(40,41)42)2-16(8-22)28(43,44)45,23-9-17(29(46,47)48)3-18(10-23)30(49,50)51)24-11-19(31(52,53)54)4-20(12-24)32(55,56)57;1-19-15(18)13-7-5-12(6-8-13)14(17)11-16-9-3-2-4-10-16/h1-12H;2-10H,11H2,1H3/q-1;+1. The number of hydrogen-bond donors (Lipinski definition) is 0. The Bertz CT molecular complexity index is 2640. The Kier molecular flexibility index (Phi) is 16.3. The van der Waals surface area contributed by atoms with Gasteiger partial charge in [0.25, 0.3) is 0 Å². The molecule has 0 radical (unpaired) electrons. The van der Waals surface area contributed by atoms with Crippen LogP contribution in [0.5, 0.6) is 0 Å². The van der Waals surface area contributed by atoms with E-state index in [-0.39, 0.29) is 12.3 Å². The maximum atomic E-state index is 14.2. The Morgan fingerprint density at radius 2 is 0.592 bits per heavy atom. The molecule has 0 aliphatic carbocycles. The summed E-state index contributed by atoms with van der Waals surface area (Å²) in [7, 11) is 1.33. The molecule has 0 fully saturated rings. The number of ketones is 1. The van der Waals surface area contributed by atoms with Crippen LogP contribution in [0.15, 0.2) is 128 Å². The van der Waals surface area contributed by atoms with Gasteiger partial charge in [-0.15, -0.1) is 0 Å². The highest BCUT2D eigenvalue weighted by atomic mass is 19.4. The van der Waals surface area contributed by atoms with E-state index in [1.165, 1.54) is 7.11 Å². The number of carbonyl (C=O) groups is 2. The van der Waals surface area contributed by atoms with Crippen LogP contribution in [-0.2, 0) is 60.7 Å². The van der Waals surface area contributed by atoms with Crippen LogP contribution in [-0.4, -0.2) is 25.0 Å². The number of alkyl halides is 24. The molecule has 6 rings (SSSR count). The number of benzene rings is 5. The number of methoxy groups -OCH3 is 1. The summed E-state index contributed by atoms with van der Waals surface area (Å²) >= 11 is 0. The number of hydrogen-bond acceptors (Lipinski definition) is 3. The number of carbonyl (C=O) groups excluding carboxylic acids is 2. The van der Waals surface area contributed by atoms with Crippen LogP contribution in [0.1, 0.15) is 65.2 Å². The molecule has 0 unspecified atom stereocenters. The second-order valence-electron chi connectivity index (χ2n) is 16.3. The first kappa shape index (κ1) is 59.6. The molecule has 76 heavy (non-hydrogen) atoms. The number of pyridine rings is 1. The molecule has 29 heteroatoms. The van der Waals surface area contributed by atoms with E-state index in [0.717, 1.165) is 0 Å². The van der Waals surface area contributed by atoms with Crippen molar-refractivity contribution in [3.05, 3.63) is 183 Å². The third kappa shape index (κ3) is 13.8. The largest absolute Gasteiger partial charge is 0.465 e. The van der Waals surface area contributed by atoms with E-state index >= 15 is 0 Å². The molecule has 0 saturated heterocycles. The zero-order valence-corrected chi connectivity index (χ0v) is 37.2. The fourth-order valence-electron chi connectivity index (χ4n) is 7.78. The zero-order valence-electron chi connectivity index (χ0n) is 37.2. The van der Waals surface area contributed by atoms with Gasteiger partial charge in [0.1, 0.15) is 6.15 Å². The molecule has 0 atom stereocenters. The van der Waals surface area contributed by atoms with Crippen molar-refractivity contribution in [3.8, 4) is 0 Å². The van der Waals surface area contributed by atoms with Gasteiger partial charge >= 0.3 is 55.4 Å². The van der Waals surface area contributed by atoms with Gasteiger partial charge in [0.05, 0.1) is 57.2 Å². The van der Waals surface area contributed by atoms with Gasteiger partial charge in [-0.3, -0.25) is 4.79 Å². The van der Waals surface area contributed by atoms with Gasteiger partial charge in [-0.05, 0) is 36.4 Å². The van der Waals surface area contributed by atoms with Crippen molar-refractivity contribution >= 4 is 39.7 Å². The van der Waals surface area contributed by atoms with E-state index in [0.29, 0.717) is 11.1 Å². The summed E-state index contributed by atoms with van der Waals surface area (Å²) in [6.45, 7) is 0.276. The molecule has 6 aromatic rings. The third-order valence-corrected chi connectivity index (χ3v) is 11.2. The van der Waals surface area contributed by atoms with Crippen molar-refractivity contribution in [2.45, 2.75) is 56.0 Å². The number of rotatable bonds is 8. The lowest BCUT2D eigenvalue weighted by Crippen LogP contribution is -2.75. The highest BCUT2D eigenvalue weighted by Crippen LogP contribution is 2.41. The highest BCUT2D eigenvalue weighted by molar-refractivity contribution is 7.20. The first-order chi connectivity index (χ1) is 34.5. The molecule has 0 spiro atoms. The molecule has 4 nitrogen and oxygen atoms in total. The lowest BCUT2D eigenvalue weighted by Gasteiger charge is -2.46. The molecule has 408 valence electrons. The van der Waals surface area contributed by atoms with Crippen molar-refractivity contribution < 1.29 is 124 Å². The van der Waals surface area contributed by atoms with E-state index in [1.807, 2.05) is 30.6 Å². The van der Waals surface area contributed by atoms with Gasteiger partial charge < -0.3 is 4.74 Å². The predicted octanol–water partition coefficient (Wildman–Crippen LogP) is 12.9. The Labute approximate surface area is 410 Å². The number of Topliss-reactive ketones (excluding diaryl/α,β-unsaturated/α-hetero) is 1. The van der Waals surface area contributed by atoms with Crippen LogP contribution < -0.4 is 26.4 Å². The van der Waals surface area contributed by atoms with E-state index in [2.05, 4.69) is 4.74 Å². The summed E-state index contributed by atoms with van der Waals surface area (Å²) in [6.07, 6.45) is -51.1. The summed E-state index contributed by atoms with van der Waals surface area (Å²) in [4.78, 5) is 23.3. The first-order valence-electron chi connectivity index (χ1n) is 20.5. The SMILES string of the molecule is COC(=O)c1ccc(C(=O)C[n+]2ccccc2)cc1.FC(F)(F)c1cc([B-](c2cc(C(F)(F)F)cc(C(F)(F)F)c2)(c2cc(C(F)(F)F)cc(C(F)(F)F)c2)c2cc(C(F)(F)F)cc(C(F)(F)F)c2)cc(C(F)(F)F)c1. The second kappa shape index (κ2) is 20.7. The summed E-state index contributed by atoms with van der Waals surface area (Å²) in [5.74, 6) is -0.413. The second-order valence-corrected chi connectivity index (χ2v) is 16.3. The van der Waals surface area contributed by atoms with Crippen LogP contribution >= 0.6 is 0 Å². The van der Waals surface area contributed by atoms with Gasteiger partial charge in [0, 0.05) is 17.7 Å². The van der Waals surface area contributed by atoms with Gasteiger partial charge in [-0.2, -0.15) is 132 Å². The molecule has 0 N–H and O–H groups in total. The van der Waals surface area contributed by atoms with Gasteiger partial charge in [0.15, 0.2) is 12.4 Å². The molecule has 0 aliphatic heterocycles. The number of aromatic nitrogens is 1. The van der Waals surface area contributed by atoms with Crippen LogP contribution in [0.2, 0.25) is 0 Å². The maximum absolute atomic E-state index is 14.2. The Hall–Kier alpha value is -7.23. The van der Waals surface area contributed by atoms with Crippen LogP contribution in [0, 0.1) is 0 Å². The Morgan fingerprint density at radius 1 is 0.368 bits per heavy atom. The van der Waals surface area contributed by atoms with Crippen LogP contribution in [0.4, 0.5) is 105 Å². The lowest BCUT2D eigenvalue weighted by molar-refractivity contribution is -0.683. The van der Waals surface area contributed by atoms with Crippen molar-refractivity contribution in [1.82, 2.24) is 0 Å². The van der Waals surface area contributed by atoms with E-state index in [9.17, 15) is 115 Å². The zero-order chi connectivity index (χ0) is 57.6. The summed E-state index contributed by atoms with van der Waals surface area (Å²) < 4.78 is 347. The van der Waals surface area contributed by atoms with Crippen LogP contribution in [0.3, 0.4) is 0 Å². The molecular weight excluding hydrogens is 1090 g/mol. The number of esters is 1. The Morgan fingerprint density at radius 3 is 0.803 bits per heavy atom. The van der Waals surface area contributed by atoms with Crippen molar-refractivity contribution in [2.75, 3.05) is 7.11 Å². The molecular formula is C47H26BF24NO3. The average Bonchev–Trinajstić information content (AvgIpc) is 3.29. The molecule has 0 saturated carbocycles. The van der Waals surface area contributed by atoms with E-state index in [1.54, 1.807) is 28.8 Å². The van der Waals surface area contributed by atoms with Gasteiger partial charge in [-0.1, -0.05) is 66.7 Å². The lowest BCUT2D eigenvalue weighted by atomic mass is 9.12. The molecule has 1 aromatic heterocycles. The van der Waals surface area contributed by atoms with E-state index < -0.39 is 201 Å². The summed E-state index contributed by atoms with van der Waals surface area (Å²) in [5.41, 5.74) is -29.2. The predicted molar refractivity (Wildman–Crippen MR) is 219 cm³/mol. The molecule has 0 bridgehead atoms. The van der Waals surface area contributed by atoms with E-state index in [4.69, 9.17) is 0 Å². The van der Waals surface area contributed by atoms with Gasteiger partial charge in [-0.25, -0.2) is 4.79 Å². The fraction of sp³-hybridized carbons (Fsp3) is 0.213. The number of halogens is 24. The quantitative estimate of drug-likeness (QED) is 0.0502. The minimum absolute atomic E-state index is 0.00684. The van der Waals surface area contributed by atoms with Crippen molar-refractivity contribution in [2.24, 2.45) is 0 Å². The van der Waals surface area contributed by atoms with Crippen molar-refractivity contribution in [1.29, 1.82) is 0 Å². The molecule has 0 amide bonds. The summed E-state index contributed by atoms with van der Waals surface area (Å²) in [6, 6.07) is 3.28. The number of nitrogens with zero attached hydrogens (tertiary/aromatic N) is 1. The monoisotopic (exact) mass is 1120 g/mol. The molecule has 1 heterocycles. The smallest absolute Gasteiger partial charge is 0.416 e. The normalized spacial score (nSPS) is 13.2. The van der Waals surface area contributed by atoms with Crippen molar-refractivity contribution in [3.63, 3.8) is 0 Å². The summed E-state index contributed by atoms with van der Waals surface area (Å²) in [5, 5.41) is 0. The van der Waals surface area contributed by atoms with Crippen LogP contribution in [0.25, 0.3) is 0 Å². The fourth-order valence-corrected chi connectivity index (χ4v) is 7.78. The third-order valence-electron chi connectivity index (χ3n) is 11.2.